The first kappa shape index (κ1) is 20.5. The average Bonchev–Trinajstić information content (AvgIpc) is 2.77. The Kier molecular flexibility index (Phi) is 7.18. The lowest BCUT2D eigenvalue weighted by molar-refractivity contribution is 0.615. The minimum absolute atomic E-state index is 0.0540. The summed E-state index contributed by atoms with van der Waals surface area (Å²) in [5.74, 6) is 0.0540. The highest BCUT2D eigenvalue weighted by Crippen LogP contribution is 2.57. The van der Waals surface area contributed by atoms with E-state index < -0.39 is 7.26 Å². The van der Waals surface area contributed by atoms with Gasteiger partial charge in [0.05, 0.1) is 0 Å². The minimum atomic E-state index is -2.13. The van der Waals surface area contributed by atoms with Gasteiger partial charge in [-0.15, -0.1) is 0 Å². The fourth-order valence-electron chi connectivity index (χ4n) is 3.69. The second-order valence-corrected chi connectivity index (χ2v) is 10.7. The Morgan fingerprint density at radius 1 is 0.714 bits per heavy atom. The maximum absolute atomic E-state index is 15.6. The Morgan fingerprint density at radius 2 is 1.11 bits per heavy atom. The van der Waals surface area contributed by atoms with Crippen LogP contribution < -0.4 is 15.9 Å². The van der Waals surface area contributed by atoms with E-state index in [1.807, 2.05) is 25.1 Å². The zero-order valence-electron chi connectivity index (χ0n) is 16.8. The lowest BCUT2D eigenvalue weighted by atomic mass is 10.1. The molecule has 0 amide bonds. The SMILES string of the molecule is CCCCC(C)=C(F)C[P+](c1ccccc1)(c1ccccc1)c1ccccc1. The first-order valence-electron chi connectivity index (χ1n) is 10.1. The third kappa shape index (κ3) is 4.42. The van der Waals surface area contributed by atoms with Gasteiger partial charge in [0.1, 0.15) is 35.2 Å². The monoisotopic (exact) mass is 391 g/mol. The molecule has 0 saturated heterocycles. The maximum Gasteiger partial charge on any atom is 0.137 e. The van der Waals surface area contributed by atoms with Crippen molar-refractivity contribution in [2.24, 2.45) is 0 Å². The minimum Gasteiger partial charge on any atom is -0.208 e. The van der Waals surface area contributed by atoms with Crippen molar-refractivity contribution in [3.8, 4) is 0 Å². The summed E-state index contributed by atoms with van der Waals surface area (Å²) in [5.41, 5.74) is 0.897. The predicted octanol–water partition coefficient (Wildman–Crippen LogP) is 6.41. The number of halogens is 1. The number of unbranched alkanes of at least 4 members (excludes halogenated alkanes) is 1. The Morgan fingerprint density at radius 3 is 1.46 bits per heavy atom. The average molecular weight is 391 g/mol. The lowest BCUT2D eigenvalue weighted by Gasteiger charge is -2.27. The second kappa shape index (κ2) is 9.80. The molecule has 0 aromatic heterocycles. The van der Waals surface area contributed by atoms with E-state index in [-0.39, 0.29) is 5.83 Å². The zero-order valence-corrected chi connectivity index (χ0v) is 17.7. The van der Waals surface area contributed by atoms with Crippen molar-refractivity contribution in [2.45, 2.75) is 33.1 Å². The van der Waals surface area contributed by atoms with Crippen LogP contribution in [0.2, 0.25) is 0 Å². The van der Waals surface area contributed by atoms with E-state index in [4.69, 9.17) is 0 Å². The van der Waals surface area contributed by atoms with E-state index >= 15 is 4.39 Å². The molecular weight excluding hydrogens is 362 g/mol. The number of hydrogen-bond donors (Lipinski definition) is 0. The molecule has 144 valence electrons. The summed E-state index contributed by atoms with van der Waals surface area (Å²) in [6, 6.07) is 31.5. The van der Waals surface area contributed by atoms with E-state index in [0.29, 0.717) is 6.16 Å². The Labute approximate surface area is 169 Å². The number of benzene rings is 3. The first-order chi connectivity index (χ1) is 13.7. The molecule has 28 heavy (non-hydrogen) atoms. The Bertz CT molecular complexity index is 789. The fourth-order valence-corrected chi connectivity index (χ4v) is 7.86. The predicted molar refractivity (Wildman–Crippen MR) is 123 cm³/mol. The Hall–Kier alpha value is -2.24. The molecule has 3 aromatic carbocycles. The normalized spacial score (nSPS) is 12.5. The molecule has 0 radical (unpaired) electrons. The highest BCUT2D eigenvalue weighted by atomic mass is 31.2. The van der Waals surface area contributed by atoms with Gasteiger partial charge in [-0.2, -0.15) is 0 Å². The molecule has 0 heterocycles. The van der Waals surface area contributed by atoms with Crippen LogP contribution in [0.3, 0.4) is 0 Å². The van der Waals surface area contributed by atoms with Gasteiger partial charge in [-0.25, -0.2) is 4.39 Å². The van der Waals surface area contributed by atoms with Crippen molar-refractivity contribution in [3.63, 3.8) is 0 Å². The molecule has 0 aliphatic rings. The third-order valence-electron chi connectivity index (χ3n) is 5.34. The van der Waals surface area contributed by atoms with E-state index in [0.717, 1.165) is 24.8 Å². The van der Waals surface area contributed by atoms with Crippen LogP contribution in [0.5, 0.6) is 0 Å². The molecule has 0 bridgehead atoms. The van der Waals surface area contributed by atoms with Gasteiger partial charge in [-0.1, -0.05) is 67.9 Å². The third-order valence-corrected chi connectivity index (χ3v) is 9.63. The smallest absolute Gasteiger partial charge is 0.137 e. The largest absolute Gasteiger partial charge is 0.208 e. The van der Waals surface area contributed by atoms with Crippen molar-refractivity contribution in [1.82, 2.24) is 0 Å². The van der Waals surface area contributed by atoms with Gasteiger partial charge in [0.25, 0.3) is 0 Å². The number of rotatable bonds is 8. The summed E-state index contributed by atoms with van der Waals surface area (Å²) in [4.78, 5) is 0. The van der Waals surface area contributed by atoms with Crippen LogP contribution in [0.25, 0.3) is 0 Å². The highest BCUT2D eigenvalue weighted by Gasteiger charge is 2.46. The van der Waals surface area contributed by atoms with E-state index in [2.05, 4.69) is 79.7 Å². The molecule has 0 fully saturated rings. The number of allylic oxidation sites excluding steroid dienone is 2. The molecular formula is C26H29FP+. The molecule has 3 rings (SSSR count). The Balaban J connectivity index is 2.23. The molecule has 2 heteroatoms. The summed E-state index contributed by atoms with van der Waals surface area (Å²) < 4.78 is 15.6. The van der Waals surface area contributed by atoms with Crippen LogP contribution in [0.15, 0.2) is 102 Å². The van der Waals surface area contributed by atoms with Gasteiger partial charge in [-0.05, 0) is 61.7 Å². The van der Waals surface area contributed by atoms with Crippen molar-refractivity contribution in [3.05, 3.63) is 102 Å². The molecule has 3 aromatic rings. The van der Waals surface area contributed by atoms with Crippen LogP contribution in [0, 0.1) is 0 Å². The van der Waals surface area contributed by atoms with Crippen molar-refractivity contribution in [1.29, 1.82) is 0 Å². The molecule has 0 unspecified atom stereocenters. The van der Waals surface area contributed by atoms with E-state index in [9.17, 15) is 0 Å². The van der Waals surface area contributed by atoms with Gasteiger partial charge in [0.15, 0.2) is 0 Å². The second-order valence-electron chi connectivity index (χ2n) is 7.26. The van der Waals surface area contributed by atoms with Crippen LogP contribution in [0.4, 0.5) is 4.39 Å². The molecule has 0 N–H and O–H groups in total. The summed E-state index contributed by atoms with van der Waals surface area (Å²) >= 11 is 0. The van der Waals surface area contributed by atoms with Crippen molar-refractivity contribution in [2.75, 3.05) is 6.16 Å². The van der Waals surface area contributed by atoms with Crippen LogP contribution in [-0.2, 0) is 0 Å². The summed E-state index contributed by atoms with van der Waals surface area (Å²) in [5, 5.41) is 3.68. The van der Waals surface area contributed by atoms with Crippen LogP contribution >= 0.6 is 7.26 Å². The summed E-state index contributed by atoms with van der Waals surface area (Å²) in [6.45, 7) is 4.11. The van der Waals surface area contributed by atoms with Crippen molar-refractivity contribution < 1.29 is 4.39 Å². The standard InChI is InChI=1S/C26H29FP/c1-3-4-14-22(2)26(27)21-28(23-15-8-5-9-16-23,24-17-10-6-11-18-24)25-19-12-7-13-20-25/h5-13,15-20H,3-4,14,21H2,1-2H3/q+1. The molecule has 0 aliphatic heterocycles. The molecule has 0 nitrogen and oxygen atoms in total. The van der Waals surface area contributed by atoms with E-state index in [1.165, 1.54) is 15.9 Å². The molecule has 0 spiro atoms. The quantitative estimate of drug-likeness (QED) is 0.389. The highest BCUT2D eigenvalue weighted by molar-refractivity contribution is 7.95. The van der Waals surface area contributed by atoms with Gasteiger partial charge >= 0.3 is 0 Å². The van der Waals surface area contributed by atoms with Gasteiger partial charge in [-0.3, -0.25) is 0 Å². The first-order valence-corrected chi connectivity index (χ1v) is 12.0. The topological polar surface area (TPSA) is 0 Å². The number of hydrogen-bond acceptors (Lipinski definition) is 0. The van der Waals surface area contributed by atoms with Crippen LogP contribution in [-0.4, -0.2) is 6.16 Å². The summed E-state index contributed by atoms with van der Waals surface area (Å²) in [7, 11) is -2.13. The fraction of sp³-hybridized carbons (Fsp3) is 0.231. The van der Waals surface area contributed by atoms with Crippen molar-refractivity contribution >= 4 is 23.2 Å². The molecule has 0 aliphatic carbocycles. The molecule has 0 saturated carbocycles. The van der Waals surface area contributed by atoms with E-state index in [1.54, 1.807) is 0 Å². The van der Waals surface area contributed by atoms with Crippen LogP contribution in [0.1, 0.15) is 33.1 Å². The maximum atomic E-state index is 15.6. The zero-order chi connectivity index (χ0) is 19.8. The van der Waals surface area contributed by atoms with Gasteiger partial charge in [0.2, 0.25) is 0 Å². The summed E-state index contributed by atoms with van der Waals surface area (Å²) in [6.07, 6.45) is 3.40. The van der Waals surface area contributed by atoms with Gasteiger partial charge in [0, 0.05) is 0 Å². The lowest BCUT2D eigenvalue weighted by Crippen LogP contribution is -2.33. The van der Waals surface area contributed by atoms with Gasteiger partial charge < -0.3 is 0 Å². The molecule has 0 atom stereocenters.